The first-order valence-electron chi connectivity index (χ1n) is 5.68. The third-order valence-corrected chi connectivity index (χ3v) is 3.33. The van der Waals surface area contributed by atoms with E-state index in [4.69, 9.17) is 5.84 Å². The van der Waals surface area contributed by atoms with E-state index in [2.05, 4.69) is 22.4 Å². The maximum atomic E-state index is 5.58. The number of rotatable bonds is 5. The first-order chi connectivity index (χ1) is 7.35. The topological polar surface area (TPSA) is 68.8 Å². The van der Waals surface area contributed by atoms with Crippen molar-refractivity contribution in [2.75, 3.05) is 0 Å². The van der Waals surface area contributed by atoms with Gasteiger partial charge < -0.3 is 0 Å². The fourth-order valence-corrected chi connectivity index (χ4v) is 2.11. The second kappa shape index (κ2) is 4.72. The first-order valence-corrected chi connectivity index (χ1v) is 5.68. The molecule has 5 heteroatoms. The van der Waals surface area contributed by atoms with Crippen LogP contribution in [0.1, 0.15) is 32.0 Å². The molecule has 1 aliphatic rings. The first kappa shape index (κ1) is 10.6. The molecule has 0 bridgehead atoms. The molecule has 1 aliphatic carbocycles. The van der Waals surface area contributed by atoms with Gasteiger partial charge in [0.05, 0.1) is 0 Å². The zero-order chi connectivity index (χ0) is 10.7. The van der Waals surface area contributed by atoms with Gasteiger partial charge in [-0.05, 0) is 25.7 Å². The Morgan fingerprint density at radius 1 is 1.67 bits per heavy atom. The van der Waals surface area contributed by atoms with Crippen LogP contribution in [-0.2, 0) is 13.0 Å². The molecule has 0 aliphatic heterocycles. The second-order valence-electron chi connectivity index (χ2n) is 4.16. The van der Waals surface area contributed by atoms with Crippen molar-refractivity contribution in [1.29, 1.82) is 0 Å². The number of nitrogens with two attached hydrogens (primary N) is 1. The molecule has 1 aromatic heterocycles. The van der Waals surface area contributed by atoms with Crippen molar-refractivity contribution in [3.8, 4) is 0 Å². The zero-order valence-corrected chi connectivity index (χ0v) is 9.19. The van der Waals surface area contributed by atoms with Gasteiger partial charge in [-0.3, -0.25) is 16.0 Å². The molecule has 0 saturated heterocycles. The van der Waals surface area contributed by atoms with Crippen molar-refractivity contribution < 1.29 is 0 Å². The molecule has 2 rings (SSSR count). The number of nitrogens with zero attached hydrogens (tertiary/aromatic N) is 3. The van der Waals surface area contributed by atoms with Crippen molar-refractivity contribution in [3.05, 3.63) is 12.2 Å². The molecule has 1 heterocycles. The lowest BCUT2D eigenvalue weighted by Crippen LogP contribution is -2.45. The Morgan fingerprint density at radius 3 is 3.00 bits per heavy atom. The summed E-state index contributed by atoms with van der Waals surface area (Å²) in [5.74, 6) is 7.34. The van der Waals surface area contributed by atoms with Crippen molar-refractivity contribution >= 4 is 0 Å². The Kier molecular flexibility index (Phi) is 3.33. The van der Waals surface area contributed by atoms with Gasteiger partial charge in [0.25, 0.3) is 0 Å². The van der Waals surface area contributed by atoms with Crippen molar-refractivity contribution in [3.63, 3.8) is 0 Å². The average molecular weight is 209 g/mol. The van der Waals surface area contributed by atoms with E-state index >= 15 is 0 Å². The van der Waals surface area contributed by atoms with Crippen molar-refractivity contribution in [1.82, 2.24) is 20.2 Å². The molecular weight excluding hydrogens is 190 g/mol. The van der Waals surface area contributed by atoms with Gasteiger partial charge in [0.1, 0.15) is 12.2 Å². The minimum absolute atomic E-state index is 0.355. The minimum Gasteiger partial charge on any atom is -0.271 e. The van der Waals surface area contributed by atoms with Gasteiger partial charge in [0, 0.05) is 19.0 Å². The third-order valence-electron chi connectivity index (χ3n) is 3.33. The van der Waals surface area contributed by atoms with Crippen LogP contribution in [0.5, 0.6) is 0 Å². The molecule has 5 nitrogen and oxygen atoms in total. The van der Waals surface area contributed by atoms with Crippen LogP contribution < -0.4 is 11.3 Å². The van der Waals surface area contributed by atoms with Crippen LogP contribution in [-0.4, -0.2) is 20.8 Å². The predicted molar refractivity (Wildman–Crippen MR) is 57.9 cm³/mol. The fraction of sp³-hybridized carbons (Fsp3) is 0.800. The average Bonchev–Trinajstić information content (AvgIpc) is 2.61. The van der Waals surface area contributed by atoms with Crippen LogP contribution in [0.15, 0.2) is 6.33 Å². The lowest BCUT2D eigenvalue weighted by atomic mass is 9.79. The van der Waals surface area contributed by atoms with Gasteiger partial charge >= 0.3 is 0 Å². The highest BCUT2D eigenvalue weighted by atomic mass is 15.3. The van der Waals surface area contributed by atoms with E-state index in [1.165, 1.54) is 19.3 Å². The second-order valence-corrected chi connectivity index (χ2v) is 4.16. The van der Waals surface area contributed by atoms with Crippen LogP contribution in [0.3, 0.4) is 0 Å². The number of aromatic nitrogens is 3. The molecular formula is C10H19N5. The molecule has 1 unspecified atom stereocenters. The van der Waals surface area contributed by atoms with Gasteiger partial charge in [0.15, 0.2) is 0 Å². The molecule has 84 valence electrons. The van der Waals surface area contributed by atoms with Crippen LogP contribution in [0, 0.1) is 5.92 Å². The molecule has 1 fully saturated rings. The van der Waals surface area contributed by atoms with Gasteiger partial charge in [-0.15, -0.1) is 0 Å². The number of aryl methyl sites for hydroxylation is 1. The molecule has 1 saturated carbocycles. The molecule has 1 atom stereocenters. The van der Waals surface area contributed by atoms with E-state index < -0.39 is 0 Å². The van der Waals surface area contributed by atoms with E-state index in [9.17, 15) is 0 Å². The monoisotopic (exact) mass is 209 g/mol. The van der Waals surface area contributed by atoms with Crippen LogP contribution in [0.25, 0.3) is 0 Å². The predicted octanol–water partition coefficient (Wildman–Crippen LogP) is 0.472. The molecule has 0 spiro atoms. The number of hydrogen-bond acceptors (Lipinski definition) is 4. The van der Waals surface area contributed by atoms with Crippen molar-refractivity contribution in [2.24, 2.45) is 11.8 Å². The lowest BCUT2D eigenvalue weighted by Gasteiger charge is -2.33. The van der Waals surface area contributed by atoms with E-state index in [0.717, 1.165) is 24.7 Å². The quantitative estimate of drug-likeness (QED) is 0.546. The van der Waals surface area contributed by atoms with Crippen LogP contribution in [0.4, 0.5) is 0 Å². The highest BCUT2D eigenvalue weighted by Crippen LogP contribution is 2.30. The Balaban J connectivity index is 1.99. The Bertz CT molecular complexity index is 305. The summed E-state index contributed by atoms with van der Waals surface area (Å²) in [4.78, 5) is 4.27. The number of nitrogens with one attached hydrogen (secondary N) is 1. The van der Waals surface area contributed by atoms with Gasteiger partial charge in [-0.25, -0.2) is 4.98 Å². The normalized spacial score (nSPS) is 18.8. The molecule has 0 aromatic carbocycles. The summed E-state index contributed by atoms with van der Waals surface area (Å²) in [6, 6.07) is 0.355. The molecule has 1 aromatic rings. The molecule has 15 heavy (non-hydrogen) atoms. The van der Waals surface area contributed by atoms with E-state index in [0.29, 0.717) is 6.04 Å². The SMILES string of the molecule is CCn1ncnc1CC(NN)C1CCC1. The Hall–Kier alpha value is -0.940. The maximum Gasteiger partial charge on any atom is 0.138 e. The summed E-state index contributed by atoms with van der Waals surface area (Å²) < 4.78 is 1.93. The summed E-state index contributed by atoms with van der Waals surface area (Å²) >= 11 is 0. The van der Waals surface area contributed by atoms with E-state index in [1.807, 2.05) is 4.68 Å². The smallest absolute Gasteiger partial charge is 0.138 e. The molecule has 0 radical (unpaired) electrons. The summed E-state index contributed by atoms with van der Waals surface area (Å²) in [6.45, 7) is 2.95. The van der Waals surface area contributed by atoms with Gasteiger partial charge in [-0.1, -0.05) is 6.42 Å². The minimum atomic E-state index is 0.355. The van der Waals surface area contributed by atoms with Gasteiger partial charge in [-0.2, -0.15) is 5.10 Å². The summed E-state index contributed by atoms with van der Waals surface area (Å²) in [6.07, 6.45) is 6.41. The van der Waals surface area contributed by atoms with Crippen molar-refractivity contribution in [2.45, 2.75) is 45.2 Å². The van der Waals surface area contributed by atoms with E-state index in [-0.39, 0.29) is 0 Å². The number of hydrazine groups is 1. The summed E-state index contributed by atoms with van der Waals surface area (Å²) in [5, 5.41) is 4.16. The third kappa shape index (κ3) is 2.18. The number of hydrogen-bond donors (Lipinski definition) is 2. The lowest BCUT2D eigenvalue weighted by molar-refractivity contribution is 0.225. The van der Waals surface area contributed by atoms with Crippen LogP contribution >= 0.6 is 0 Å². The zero-order valence-electron chi connectivity index (χ0n) is 9.19. The summed E-state index contributed by atoms with van der Waals surface area (Å²) in [5.41, 5.74) is 2.91. The standard InChI is InChI=1S/C10H19N5/c1-2-15-10(12-7-13-15)6-9(14-11)8-4-3-5-8/h7-9,14H,2-6,11H2,1H3. The highest BCUT2D eigenvalue weighted by molar-refractivity contribution is 4.93. The van der Waals surface area contributed by atoms with Gasteiger partial charge in [0.2, 0.25) is 0 Å². The van der Waals surface area contributed by atoms with Crippen LogP contribution in [0.2, 0.25) is 0 Å². The molecule has 0 amide bonds. The fourth-order valence-electron chi connectivity index (χ4n) is 2.11. The largest absolute Gasteiger partial charge is 0.271 e. The highest BCUT2D eigenvalue weighted by Gasteiger charge is 2.27. The maximum absolute atomic E-state index is 5.58. The Labute approximate surface area is 90.0 Å². The molecule has 3 N–H and O–H groups in total. The Morgan fingerprint density at radius 2 is 2.47 bits per heavy atom. The summed E-state index contributed by atoms with van der Waals surface area (Å²) in [7, 11) is 0. The van der Waals surface area contributed by atoms with E-state index in [1.54, 1.807) is 6.33 Å².